The molecule has 0 spiro atoms. The van der Waals surface area contributed by atoms with Gasteiger partial charge in [0.1, 0.15) is 12.0 Å². The second-order valence-corrected chi connectivity index (χ2v) is 4.18. The Morgan fingerprint density at radius 2 is 2.26 bits per heavy atom. The Hall–Kier alpha value is -2.83. The first-order valence-electron chi connectivity index (χ1n) is 5.54. The van der Waals surface area contributed by atoms with Gasteiger partial charge in [-0.1, -0.05) is 6.07 Å². The van der Waals surface area contributed by atoms with Crippen LogP contribution < -0.4 is 5.73 Å². The molecule has 0 saturated carbocycles. The van der Waals surface area contributed by atoms with Gasteiger partial charge >= 0.3 is 0 Å². The van der Waals surface area contributed by atoms with Gasteiger partial charge in [0, 0.05) is 17.8 Å². The number of oxazole rings is 1. The molecule has 96 valence electrons. The van der Waals surface area contributed by atoms with Crippen LogP contribution in [0.5, 0.6) is 0 Å². The first-order chi connectivity index (χ1) is 9.08. The van der Waals surface area contributed by atoms with E-state index >= 15 is 0 Å². The Kier molecular flexibility index (Phi) is 2.28. The summed E-state index contributed by atoms with van der Waals surface area (Å²) in [7, 11) is 0. The molecular formula is C12H10N4O3. The van der Waals surface area contributed by atoms with E-state index in [1.54, 1.807) is 12.3 Å². The number of anilines is 1. The molecule has 0 atom stereocenters. The smallest absolute Gasteiger partial charge is 0.292 e. The molecule has 7 heteroatoms. The maximum Gasteiger partial charge on any atom is 0.292 e. The summed E-state index contributed by atoms with van der Waals surface area (Å²) in [4.78, 5) is 17.8. The Balaban J connectivity index is 2.38. The number of aromatic nitrogens is 2. The summed E-state index contributed by atoms with van der Waals surface area (Å²) >= 11 is 0. The van der Waals surface area contributed by atoms with Crippen LogP contribution in [-0.2, 0) is 0 Å². The lowest BCUT2D eigenvalue weighted by Gasteiger charge is -1.99. The number of hydrogen-bond donors (Lipinski definition) is 2. The maximum absolute atomic E-state index is 11.1. The highest BCUT2D eigenvalue weighted by Gasteiger charge is 2.20. The SMILES string of the molecule is Cc1ccc([N+](=O)[O-])c2c(-c3coc(N)n3)c[nH]c12. The van der Waals surface area contributed by atoms with Crippen molar-refractivity contribution in [2.75, 3.05) is 5.73 Å². The molecule has 19 heavy (non-hydrogen) atoms. The number of non-ortho nitro benzene ring substituents is 1. The van der Waals surface area contributed by atoms with Gasteiger partial charge in [0.25, 0.3) is 11.7 Å². The zero-order valence-electron chi connectivity index (χ0n) is 10.0. The van der Waals surface area contributed by atoms with Crippen LogP contribution in [0.4, 0.5) is 11.7 Å². The molecule has 0 radical (unpaired) electrons. The lowest BCUT2D eigenvalue weighted by Crippen LogP contribution is -1.91. The van der Waals surface area contributed by atoms with Gasteiger partial charge in [-0.3, -0.25) is 10.1 Å². The van der Waals surface area contributed by atoms with Crippen molar-refractivity contribution in [2.45, 2.75) is 6.92 Å². The number of nitro benzene ring substituents is 1. The number of aryl methyl sites for hydroxylation is 1. The van der Waals surface area contributed by atoms with Crippen molar-refractivity contribution in [3.63, 3.8) is 0 Å². The third kappa shape index (κ3) is 1.63. The van der Waals surface area contributed by atoms with Crippen molar-refractivity contribution >= 4 is 22.6 Å². The van der Waals surface area contributed by atoms with E-state index in [4.69, 9.17) is 10.2 Å². The van der Waals surface area contributed by atoms with Crippen LogP contribution in [0.2, 0.25) is 0 Å². The molecule has 7 nitrogen and oxygen atoms in total. The van der Waals surface area contributed by atoms with E-state index in [0.717, 1.165) is 5.56 Å². The lowest BCUT2D eigenvalue weighted by atomic mass is 10.1. The van der Waals surface area contributed by atoms with Crippen molar-refractivity contribution in [3.8, 4) is 11.3 Å². The van der Waals surface area contributed by atoms with Crippen LogP contribution in [0.15, 0.2) is 29.0 Å². The zero-order valence-corrected chi connectivity index (χ0v) is 10.0. The van der Waals surface area contributed by atoms with Gasteiger partial charge in [0.15, 0.2) is 0 Å². The molecule has 0 fully saturated rings. The van der Waals surface area contributed by atoms with Crippen LogP contribution in [-0.4, -0.2) is 14.9 Å². The molecule has 3 aromatic rings. The van der Waals surface area contributed by atoms with Crippen molar-refractivity contribution in [2.24, 2.45) is 0 Å². The minimum Gasteiger partial charge on any atom is -0.432 e. The fourth-order valence-corrected chi connectivity index (χ4v) is 2.14. The molecule has 3 N–H and O–H groups in total. The predicted molar refractivity (Wildman–Crippen MR) is 69.6 cm³/mol. The van der Waals surface area contributed by atoms with E-state index in [9.17, 15) is 10.1 Å². The number of nitro groups is 1. The van der Waals surface area contributed by atoms with Crippen LogP contribution in [0, 0.1) is 17.0 Å². The highest BCUT2D eigenvalue weighted by atomic mass is 16.6. The molecular weight excluding hydrogens is 248 g/mol. The largest absolute Gasteiger partial charge is 0.432 e. The molecule has 1 aromatic carbocycles. The number of nitrogens with zero attached hydrogens (tertiary/aromatic N) is 2. The number of H-pyrrole nitrogens is 1. The summed E-state index contributed by atoms with van der Waals surface area (Å²) in [5.74, 6) is 0. The van der Waals surface area contributed by atoms with Crippen LogP contribution >= 0.6 is 0 Å². The summed E-state index contributed by atoms with van der Waals surface area (Å²) in [6.07, 6.45) is 3.05. The van der Waals surface area contributed by atoms with Gasteiger partial charge in [0.05, 0.1) is 15.8 Å². The van der Waals surface area contributed by atoms with E-state index in [0.29, 0.717) is 22.2 Å². The summed E-state index contributed by atoms with van der Waals surface area (Å²) in [5, 5.41) is 11.6. The number of nitrogens with one attached hydrogen (secondary N) is 1. The first-order valence-corrected chi connectivity index (χ1v) is 5.54. The molecule has 3 rings (SSSR count). The number of nitrogens with two attached hydrogens (primary N) is 1. The Morgan fingerprint density at radius 3 is 2.89 bits per heavy atom. The number of hydrogen-bond acceptors (Lipinski definition) is 5. The van der Waals surface area contributed by atoms with Gasteiger partial charge in [-0.15, -0.1) is 0 Å². The number of aromatic amines is 1. The number of fused-ring (bicyclic) bond motifs is 1. The number of rotatable bonds is 2. The average Bonchev–Trinajstić information content (AvgIpc) is 2.95. The third-order valence-corrected chi connectivity index (χ3v) is 3.02. The lowest BCUT2D eigenvalue weighted by molar-refractivity contribution is -0.383. The number of benzene rings is 1. The molecule has 0 amide bonds. The van der Waals surface area contributed by atoms with Crippen molar-refractivity contribution in [1.82, 2.24) is 9.97 Å². The average molecular weight is 258 g/mol. The van der Waals surface area contributed by atoms with Gasteiger partial charge in [-0.05, 0) is 12.5 Å². The maximum atomic E-state index is 11.1. The van der Waals surface area contributed by atoms with Crippen molar-refractivity contribution < 1.29 is 9.34 Å². The number of nitrogen functional groups attached to an aromatic ring is 1. The van der Waals surface area contributed by atoms with Crippen LogP contribution in [0.3, 0.4) is 0 Å². The van der Waals surface area contributed by atoms with E-state index in [2.05, 4.69) is 9.97 Å². The molecule has 2 heterocycles. The normalized spacial score (nSPS) is 11.0. The summed E-state index contributed by atoms with van der Waals surface area (Å²) in [6.45, 7) is 1.88. The highest BCUT2D eigenvalue weighted by Crippen LogP contribution is 2.36. The second-order valence-electron chi connectivity index (χ2n) is 4.18. The summed E-state index contributed by atoms with van der Waals surface area (Å²) in [6, 6.07) is 3.22. The van der Waals surface area contributed by atoms with Gasteiger partial charge in [-0.2, -0.15) is 4.98 Å². The molecule has 0 aliphatic rings. The van der Waals surface area contributed by atoms with Gasteiger partial charge in [-0.25, -0.2) is 0 Å². The van der Waals surface area contributed by atoms with Gasteiger partial charge in [0.2, 0.25) is 0 Å². The fourth-order valence-electron chi connectivity index (χ4n) is 2.14. The van der Waals surface area contributed by atoms with E-state index < -0.39 is 4.92 Å². The summed E-state index contributed by atoms with van der Waals surface area (Å²) in [5.41, 5.74) is 8.17. The Morgan fingerprint density at radius 1 is 1.47 bits per heavy atom. The first kappa shape index (κ1) is 11.3. The van der Waals surface area contributed by atoms with Gasteiger partial charge < -0.3 is 15.1 Å². The van der Waals surface area contributed by atoms with E-state index in [1.165, 1.54) is 12.3 Å². The van der Waals surface area contributed by atoms with Crippen molar-refractivity contribution in [3.05, 3.63) is 40.3 Å². The molecule has 0 saturated heterocycles. The second kappa shape index (κ2) is 3.84. The predicted octanol–water partition coefficient (Wildman–Crippen LogP) is 2.62. The van der Waals surface area contributed by atoms with Crippen LogP contribution in [0.25, 0.3) is 22.2 Å². The summed E-state index contributed by atoms with van der Waals surface area (Å²) < 4.78 is 4.95. The molecule has 0 aliphatic carbocycles. The Labute approximate surface area is 107 Å². The molecule has 0 aliphatic heterocycles. The quantitative estimate of drug-likeness (QED) is 0.542. The fraction of sp³-hybridized carbons (Fsp3) is 0.0833. The molecule has 0 unspecified atom stereocenters. The molecule has 2 aromatic heterocycles. The van der Waals surface area contributed by atoms with E-state index in [1.807, 2.05) is 6.92 Å². The molecule has 0 bridgehead atoms. The topological polar surface area (TPSA) is 111 Å². The van der Waals surface area contributed by atoms with Crippen molar-refractivity contribution in [1.29, 1.82) is 0 Å². The minimum atomic E-state index is -0.414. The minimum absolute atomic E-state index is 0.0263. The highest BCUT2D eigenvalue weighted by molar-refractivity contribution is 6.02. The Bertz CT molecular complexity index is 787. The standard InChI is InChI=1S/C12H10N4O3/c1-6-2-3-9(16(17)18)10-7(4-14-11(6)10)8-5-19-12(13)15-8/h2-5,14H,1H3,(H2,13,15). The monoisotopic (exact) mass is 258 g/mol. The van der Waals surface area contributed by atoms with Crippen LogP contribution in [0.1, 0.15) is 5.56 Å². The zero-order chi connectivity index (χ0) is 13.6. The third-order valence-electron chi connectivity index (χ3n) is 3.02. The van der Waals surface area contributed by atoms with E-state index in [-0.39, 0.29) is 11.7 Å².